The average molecular weight is 286 g/mol. The van der Waals surface area contributed by atoms with E-state index in [1.165, 1.54) is 0 Å². The number of alkyl halides is 3. The van der Waals surface area contributed by atoms with Gasteiger partial charge in [0.15, 0.2) is 5.60 Å². The number of carbonyl (C=O) groups is 1. The van der Waals surface area contributed by atoms with Crippen LogP contribution in [0.1, 0.15) is 13.3 Å². The second-order valence-electron chi connectivity index (χ2n) is 4.04. The van der Waals surface area contributed by atoms with Crippen molar-refractivity contribution in [3.63, 3.8) is 0 Å². The minimum Gasteiger partial charge on any atom is -0.460 e. The number of rotatable bonds is 8. The summed E-state index contributed by atoms with van der Waals surface area (Å²) in [5.74, 6) is -0.795. The minimum absolute atomic E-state index is 0.0832. The fraction of sp³-hybridized carbons (Fsp3) is 0.727. The molecule has 0 aliphatic heterocycles. The van der Waals surface area contributed by atoms with Gasteiger partial charge in [0.2, 0.25) is 0 Å². The van der Waals surface area contributed by atoms with Crippen molar-refractivity contribution < 1.29 is 37.7 Å². The summed E-state index contributed by atoms with van der Waals surface area (Å²) < 4.78 is 46.1. The molecule has 0 aromatic carbocycles. The van der Waals surface area contributed by atoms with E-state index in [-0.39, 0.29) is 25.4 Å². The molecule has 112 valence electrons. The molecule has 8 heteroatoms. The Kier molecular flexibility index (Phi) is 7.02. The molecule has 0 saturated carbocycles. The molecule has 0 saturated heterocycles. The summed E-state index contributed by atoms with van der Waals surface area (Å²) in [5.41, 5.74) is -2.92. The summed E-state index contributed by atoms with van der Waals surface area (Å²) in [6.07, 6.45) is -5.40. The van der Waals surface area contributed by atoms with Crippen LogP contribution < -0.4 is 0 Å². The summed E-state index contributed by atoms with van der Waals surface area (Å²) in [4.78, 5) is 11.1. The van der Waals surface area contributed by atoms with Crippen molar-refractivity contribution in [1.82, 2.24) is 0 Å². The monoisotopic (exact) mass is 286 g/mol. The highest BCUT2D eigenvalue weighted by atomic mass is 19.4. The lowest BCUT2D eigenvalue weighted by Crippen LogP contribution is -2.43. The van der Waals surface area contributed by atoms with Crippen molar-refractivity contribution in [1.29, 1.82) is 0 Å². The molecular weight excluding hydrogens is 269 g/mol. The van der Waals surface area contributed by atoms with E-state index in [1.807, 2.05) is 0 Å². The standard InChI is InChI=1S/C11H17F3O5/c1-8(9(16)19-6-4-15)7-18-5-3-10(2,17)11(12,13)14/h15,17H,1,3-7H2,2H3. The van der Waals surface area contributed by atoms with Crippen LogP contribution in [0.25, 0.3) is 0 Å². The van der Waals surface area contributed by atoms with Crippen LogP contribution in [0.15, 0.2) is 12.2 Å². The normalized spacial score (nSPS) is 14.8. The van der Waals surface area contributed by atoms with E-state index in [0.717, 1.165) is 0 Å². The maximum Gasteiger partial charge on any atom is 0.416 e. The quantitative estimate of drug-likeness (QED) is 0.392. The second-order valence-corrected chi connectivity index (χ2v) is 4.04. The highest BCUT2D eigenvalue weighted by molar-refractivity contribution is 5.87. The Morgan fingerprint density at radius 3 is 2.37 bits per heavy atom. The predicted octanol–water partition coefficient (Wildman–Crippen LogP) is 0.798. The highest BCUT2D eigenvalue weighted by Crippen LogP contribution is 2.32. The van der Waals surface area contributed by atoms with Crippen LogP contribution in [0.3, 0.4) is 0 Å². The zero-order valence-electron chi connectivity index (χ0n) is 10.5. The summed E-state index contributed by atoms with van der Waals surface area (Å²) in [5, 5.41) is 17.5. The summed E-state index contributed by atoms with van der Waals surface area (Å²) in [6.45, 7) is 2.73. The van der Waals surface area contributed by atoms with Gasteiger partial charge >= 0.3 is 12.1 Å². The Bertz CT molecular complexity index is 312. The molecule has 19 heavy (non-hydrogen) atoms. The zero-order valence-corrected chi connectivity index (χ0v) is 10.5. The number of aliphatic hydroxyl groups excluding tert-OH is 1. The van der Waals surface area contributed by atoms with Gasteiger partial charge in [0, 0.05) is 6.42 Å². The Morgan fingerprint density at radius 2 is 1.89 bits per heavy atom. The number of esters is 1. The van der Waals surface area contributed by atoms with Crippen molar-refractivity contribution in [2.45, 2.75) is 25.1 Å². The SMILES string of the molecule is C=C(COCCC(C)(O)C(F)(F)F)C(=O)OCCO. The number of ether oxygens (including phenoxy) is 2. The second kappa shape index (κ2) is 7.46. The maximum absolute atomic E-state index is 12.3. The number of carbonyl (C=O) groups excluding carboxylic acids is 1. The molecule has 0 amide bonds. The first-order valence-electron chi connectivity index (χ1n) is 5.44. The first kappa shape index (κ1) is 17.9. The Balaban J connectivity index is 3.93. The van der Waals surface area contributed by atoms with Gasteiger partial charge in [0.25, 0.3) is 0 Å². The van der Waals surface area contributed by atoms with Crippen LogP contribution in [0.2, 0.25) is 0 Å². The molecule has 5 nitrogen and oxygen atoms in total. The van der Waals surface area contributed by atoms with Crippen LogP contribution in [0, 0.1) is 0 Å². The van der Waals surface area contributed by atoms with Gasteiger partial charge in [0.05, 0.1) is 25.4 Å². The molecule has 0 fully saturated rings. The van der Waals surface area contributed by atoms with Crippen LogP contribution in [-0.2, 0) is 14.3 Å². The molecule has 0 aromatic heterocycles. The molecule has 2 N–H and O–H groups in total. The maximum atomic E-state index is 12.3. The molecule has 0 heterocycles. The fourth-order valence-electron chi connectivity index (χ4n) is 0.907. The van der Waals surface area contributed by atoms with Gasteiger partial charge in [-0.2, -0.15) is 13.2 Å². The molecule has 0 bridgehead atoms. The van der Waals surface area contributed by atoms with E-state index in [0.29, 0.717) is 6.92 Å². The lowest BCUT2D eigenvalue weighted by atomic mass is 10.0. The molecule has 0 aliphatic rings. The third kappa shape index (κ3) is 6.55. The fourth-order valence-corrected chi connectivity index (χ4v) is 0.907. The average Bonchev–Trinajstić information content (AvgIpc) is 2.29. The van der Waals surface area contributed by atoms with Gasteiger partial charge in [-0.15, -0.1) is 0 Å². The van der Waals surface area contributed by atoms with E-state index in [1.54, 1.807) is 0 Å². The topological polar surface area (TPSA) is 76.0 Å². The summed E-state index contributed by atoms with van der Waals surface area (Å²) >= 11 is 0. The number of halogens is 3. The van der Waals surface area contributed by atoms with E-state index < -0.39 is 30.8 Å². The highest BCUT2D eigenvalue weighted by Gasteiger charge is 2.49. The van der Waals surface area contributed by atoms with Crippen molar-refractivity contribution in [2.24, 2.45) is 0 Å². The lowest BCUT2D eigenvalue weighted by Gasteiger charge is -2.25. The third-order valence-electron chi connectivity index (χ3n) is 2.23. The Morgan fingerprint density at radius 1 is 1.32 bits per heavy atom. The number of hydrogen-bond acceptors (Lipinski definition) is 5. The van der Waals surface area contributed by atoms with Crippen molar-refractivity contribution >= 4 is 5.97 Å². The first-order valence-corrected chi connectivity index (χ1v) is 5.44. The van der Waals surface area contributed by atoms with E-state index in [4.69, 9.17) is 14.9 Å². The van der Waals surface area contributed by atoms with Gasteiger partial charge < -0.3 is 19.7 Å². The molecule has 0 aliphatic carbocycles. The minimum atomic E-state index is -4.74. The van der Waals surface area contributed by atoms with E-state index in [9.17, 15) is 18.0 Å². The van der Waals surface area contributed by atoms with E-state index >= 15 is 0 Å². The molecule has 0 rings (SSSR count). The zero-order chi connectivity index (χ0) is 15.1. The Labute approximate surface area is 108 Å². The largest absolute Gasteiger partial charge is 0.460 e. The van der Waals surface area contributed by atoms with Crippen LogP contribution in [0.5, 0.6) is 0 Å². The van der Waals surface area contributed by atoms with Gasteiger partial charge in [0.1, 0.15) is 6.61 Å². The number of hydrogen-bond donors (Lipinski definition) is 2. The third-order valence-corrected chi connectivity index (χ3v) is 2.23. The van der Waals surface area contributed by atoms with E-state index in [2.05, 4.69) is 11.3 Å². The first-order chi connectivity index (χ1) is 8.62. The molecular formula is C11H17F3O5. The van der Waals surface area contributed by atoms with Crippen molar-refractivity contribution in [3.05, 3.63) is 12.2 Å². The van der Waals surface area contributed by atoms with Gasteiger partial charge in [-0.1, -0.05) is 6.58 Å². The Hall–Kier alpha value is -1.12. The molecule has 0 spiro atoms. The smallest absolute Gasteiger partial charge is 0.416 e. The molecule has 1 unspecified atom stereocenters. The predicted molar refractivity (Wildman–Crippen MR) is 59.3 cm³/mol. The van der Waals surface area contributed by atoms with Crippen LogP contribution in [-0.4, -0.2) is 54.4 Å². The molecule has 1 atom stereocenters. The van der Waals surface area contributed by atoms with Crippen LogP contribution in [0.4, 0.5) is 13.2 Å². The van der Waals surface area contributed by atoms with Crippen molar-refractivity contribution in [2.75, 3.05) is 26.4 Å². The summed E-state index contributed by atoms with van der Waals surface area (Å²) in [6, 6.07) is 0. The summed E-state index contributed by atoms with van der Waals surface area (Å²) in [7, 11) is 0. The molecule has 0 aromatic rings. The van der Waals surface area contributed by atoms with Gasteiger partial charge in [-0.3, -0.25) is 0 Å². The number of aliphatic hydroxyl groups is 2. The molecule has 0 radical (unpaired) electrons. The van der Waals surface area contributed by atoms with Gasteiger partial charge in [-0.25, -0.2) is 4.79 Å². The lowest BCUT2D eigenvalue weighted by molar-refractivity contribution is -0.257. The van der Waals surface area contributed by atoms with Crippen LogP contribution >= 0.6 is 0 Å². The van der Waals surface area contributed by atoms with Gasteiger partial charge in [-0.05, 0) is 6.92 Å². The van der Waals surface area contributed by atoms with Crippen molar-refractivity contribution in [3.8, 4) is 0 Å².